The van der Waals surface area contributed by atoms with E-state index in [-0.39, 0.29) is 18.6 Å². The second-order valence-electron chi connectivity index (χ2n) is 4.03. The van der Waals surface area contributed by atoms with Crippen molar-refractivity contribution in [3.05, 3.63) is 0 Å². The third-order valence-electron chi connectivity index (χ3n) is 2.71. The maximum absolute atomic E-state index is 11.5. The number of rotatable bonds is 5. The summed E-state index contributed by atoms with van der Waals surface area (Å²) < 4.78 is 0. The van der Waals surface area contributed by atoms with Crippen molar-refractivity contribution < 1.29 is 9.90 Å². The highest BCUT2D eigenvalue weighted by molar-refractivity contribution is 5.83. The first-order chi connectivity index (χ1) is 6.65. The van der Waals surface area contributed by atoms with Gasteiger partial charge in [-0.2, -0.15) is 0 Å². The van der Waals surface area contributed by atoms with E-state index in [1.807, 2.05) is 7.05 Å². The fraction of sp³-hybridized carbons (Fsp3) is 0.900. The van der Waals surface area contributed by atoms with Crippen LogP contribution < -0.4 is 5.32 Å². The quantitative estimate of drug-likeness (QED) is 0.655. The zero-order valence-electron chi connectivity index (χ0n) is 8.99. The molecule has 82 valence electrons. The summed E-state index contributed by atoms with van der Waals surface area (Å²) in [4.78, 5) is 13.3. The Hall–Kier alpha value is -0.610. The van der Waals surface area contributed by atoms with E-state index in [2.05, 4.69) is 12.2 Å². The molecule has 0 saturated carbocycles. The third-order valence-corrected chi connectivity index (χ3v) is 2.71. The molecule has 0 aromatic heterocycles. The van der Waals surface area contributed by atoms with Gasteiger partial charge in [0.05, 0.1) is 6.04 Å². The van der Waals surface area contributed by atoms with E-state index in [1.165, 1.54) is 0 Å². The van der Waals surface area contributed by atoms with E-state index in [9.17, 15) is 4.79 Å². The summed E-state index contributed by atoms with van der Waals surface area (Å²) in [5.41, 5.74) is 0. The maximum Gasteiger partial charge on any atom is 0.239 e. The minimum Gasteiger partial charge on any atom is -0.396 e. The monoisotopic (exact) mass is 200 g/mol. The van der Waals surface area contributed by atoms with Gasteiger partial charge < -0.3 is 15.3 Å². The van der Waals surface area contributed by atoms with Crippen molar-refractivity contribution in [1.82, 2.24) is 10.2 Å². The highest BCUT2D eigenvalue weighted by Crippen LogP contribution is 2.10. The lowest BCUT2D eigenvalue weighted by atomic mass is 10.1. The summed E-state index contributed by atoms with van der Waals surface area (Å²) in [6.07, 6.45) is 2.62. The molecule has 4 heteroatoms. The standard InChI is InChI=1S/C10H20N2O2/c1-8(4-3-7-13)11-9-5-6-12(2)10(9)14/h8-9,11,13H,3-7H2,1-2H3. The van der Waals surface area contributed by atoms with E-state index in [0.29, 0.717) is 6.04 Å². The van der Waals surface area contributed by atoms with Gasteiger partial charge >= 0.3 is 0 Å². The second-order valence-corrected chi connectivity index (χ2v) is 4.03. The Morgan fingerprint density at radius 1 is 1.71 bits per heavy atom. The molecule has 0 aromatic rings. The molecule has 1 heterocycles. The Kier molecular flexibility index (Phi) is 4.35. The average Bonchev–Trinajstić information content (AvgIpc) is 2.46. The minimum atomic E-state index is -0.00584. The molecular formula is C10H20N2O2. The minimum absolute atomic E-state index is 0.00584. The summed E-state index contributed by atoms with van der Waals surface area (Å²) in [5, 5.41) is 12.0. The summed E-state index contributed by atoms with van der Waals surface area (Å²) in [7, 11) is 1.84. The number of carbonyl (C=O) groups excluding carboxylic acids is 1. The number of likely N-dealkylation sites (N-methyl/N-ethyl adjacent to an activating group) is 1. The molecule has 0 aliphatic carbocycles. The van der Waals surface area contributed by atoms with Gasteiger partial charge in [-0.3, -0.25) is 4.79 Å². The molecule has 14 heavy (non-hydrogen) atoms. The van der Waals surface area contributed by atoms with E-state index in [1.54, 1.807) is 4.90 Å². The predicted octanol–water partition coefficient (Wildman–Crippen LogP) is -0.0323. The number of aliphatic hydroxyl groups excluding tert-OH is 1. The van der Waals surface area contributed by atoms with E-state index < -0.39 is 0 Å². The van der Waals surface area contributed by atoms with Crippen molar-refractivity contribution >= 4 is 5.91 Å². The van der Waals surface area contributed by atoms with Crippen LogP contribution in [0.25, 0.3) is 0 Å². The van der Waals surface area contributed by atoms with E-state index in [4.69, 9.17) is 5.11 Å². The first kappa shape index (κ1) is 11.5. The Balaban J connectivity index is 2.26. The lowest BCUT2D eigenvalue weighted by molar-refractivity contribution is -0.128. The first-order valence-electron chi connectivity index (χ1n) is 5.27. The SMILES string of the molecule is CC(CCCO)NC1CCN(C)C1=O. The predicted molar refractivity (Wildman–Crippen MR) is 55.0 cm³/mol. The number of hydrogen-bond donors (Lipinski definition) is 2. The van der Waals surface area contributed by atoms with Gasteiger partial charge in [0.1, 0.15) is 0 Å². The van der Waals surface area contributed by atoms with Crippen LogP contribution >= 0.6 is 0 Å². The van der Waals surface area contributed by atoms with Gasteiger partial charge in [0.25, 0.3) is 0 Å². The molecule has 1 aliphatic rings. The number of carbonyl (C=O) groups is 1. The molecule has 0 spiro atoms. The Bertz CT molecular complexity index is 197. The number of nitrogens with zero attached hydrogens (tertiary/aromatic N) is 1. The molecule has 4 nitrogen and oxygen atoms in total. The number of nitrogens with one attached hydrogen (secondary N) is 1. The summed E-state index contributed by atoms with van der Waals surface area (Å²) in [5.74, 6) is 0.195. The molecule has 1 amide bonds. The number of hydrogen-bond acceptors (Lipinski definition) is 3. The van der Waals surface area contributed by atoms with Crippen LogP contribution in [-0.2, 0) is 4.79 Å². The van der Waals surface area contributed by atoms with Crippen molar-refractivity contribution in [3.63, 3.8) is 0 Å². The van der Waals surface area contributed by atoms with Gasteiger partial charge in [-0.25, -0.2) is 0 Å². The van der Waals surface area contributed by atoms with Gasteiger partial charge in [-0.1, -0.05) is 0 Å². The van der Waals surface area contributed by atoms with Crippen LogP contribution in [0.1, 0.15) is 26.2 Å². The van der Waals surface area contributed by atoms with Crippen LogP contribution in [0.15, 0.2) is 0 Å². The fourth-order valence-electron chi connectivity index (χ4n) is 1.80. The molecule has 0 radical (unpaired) electrons. The summed E-state index contributed by atoms with van der Waals surface area (Å²) in [6, 6.07) is 0.302. The Morgan fingerprint density at radius 2 is 2.43 bits per heavy atom. The lowest BCUT2D eigenvalue weighted by Crippen LogP contribution is -2.41. The van der Waals surface area contributed by atoms with Gasteiger partial charge in [-0.05, 0) is 26.2 Å². The molecule has 2 unspecified atom stereocenters. The third kappa shape index (κ3) is 2.96. The molecule has 1 aliphatic heterocycles. The maximum atomic E-state index is 11.5. The topological polar surface area (TPSA) is 52.6 Å². The average molecular weight is 200 g/mol. The molecular weight excluding hydrogens is 180 g/mol. The van der Waals surface area contributed by atoms with Crippen molar-refractivity contribution in [2.24, 2.45) is 0 Å². The number of amides is 1. The molecule has 2 N–H and O–H groups in total. The molecule has 0 bridgehead atoms. The smallest absolute Gasteiger partial charge is 0.239 e. The summed E-state index contributed by atoms with van der Waals surface area (Å²) >= 11 is 0. The molecule has 2 atom stereocenters. The van der Waals surface area contributed by atoms with Crippen molar-refractivity contribution in [2.75, 3.05) is 20.2 Å². The Morgan fingerprint density at radius 3 is 2.93 bits per heavy atom. The fourth-order valence-corrected chi connectivity index (χ4v) is 1.80. The van der Waals surface area contributed by atoms with Crippen LogP contribution in [0, 0.1) is 0 Å². The van der Waals surface area contributed by atoms with Crippen molar-refractivity contribution in [2.45, 2.75) is 38.3 Å². The van der Waals surface area contributed by atoms with Crippen LogP contribution in [-0.4, -0.2) is 48.2 Å². The number of aliphatic hydroxyl groups is 1. The van der Waals surface area contributed by atoms with Crippen molar-refractivity contribution in [3.8, 4) is 0 Å². The normalized spacial score (nSPS) is 24.4. The van der Waals surface area contributed by atoms with Crippen molar-refractivity contribution in [1.29, 1.82) is 0 Å². The van der Waals surface area contributed by atoms with Gasteiger partial charge in [0, 0.05) is 26.2 Å². The van der Waals surface area contributed by atoms with Gasteiger partial charge in [0.2, 0.25) is 5.91 Å². The van der Waals surface area contributed by atoms with E-state index in [0.717, 1.165) is 25.8 Å². The molecule has 1 saturated heterocycles. The highest BCUT2D eigenvalue weighted by Gasteiger charge is 2.29. The zero-order valence-corrected chi connectivity index (χ0v) is 8.99. The van der Waals surface area contributed by atoms with Crippen LogP contribution in [0.4, 0.5) is 0 Å². The van der Waals surface area contributed by atoms with Crippen LogP contribution in [0.5, 0.6) is 0 Å². The molecule has 0 aromatic carbocycles. The zero-order chi connectivity index (χ0) is 10.6. The van der Waals surface area contributed by atoms with Crippen LogP contribution in [0.2, 0.25) is 0 Å². The van der Waals surface area contributed by atoms with Gasteiger partial charge in [-0.15, -0.1) is 0 Å². The lowest BCUT2D eigenvalue weighted by Gasteiger charge is -2.17. The first-order valence-corrected chi connectivity index (χ1v) is 5.27. The summed E-state index contributed by atoms with van der Waals surface area (Å²) in [6.45, 7) is 3.13. The van der Waals surface area contributed by atoms with Gasteiger partial charge in [0.15, 0.2) is 0 Å². The number of likely N-dealkylation sites (tertiary alicyclic amines) is 1. The van der Waals surface area contributed by atoms with E-state index >= 15 is 0 Å². The molecule has 1 rings (SSSR count). The largest absolute Gasteiger partial charge is 0.396 e. The Labute approximate surface area is 85.3 Å². The molecule has 1 fully saturated rings. The van der Waals surface area contributed by atoms with Crippen LogP contribution in [0.3, 0.4) is 0 Å². The second kappa shape index (κ2) is 5.32. The highest BCUT2D eigenvalue weighted by atomic mass is 16.2.